The zero-order chi connectivity index (χ0) is 18.8. The molecule has 5 nitrogen and oxygen atoms in total. The van der Waals surface area contributed by atoms with Gasteiger partial charge in [-0.2, -0.15) is 5.26 Å². The molecule has 0 unspecified atom stereocenters. The van der Waals surface area contributed by atoms with E-state index >= 15 is 0 Å². The molecule has 1 N–H and O–H groups in total. The van der Waals surface area contributed by atoms with E-state index in [0.29, 0.717) is 10.6 Å². The number of pyridine rings is 1. The molecule has 3 rings (SSSR count). The van der Waals surface area contributed by atoms with Gasteiger partial charge in [0, 0.05) is 16.6 Å². The van der Waals surface area contributed by atoms with Crippen LogP contribution in [0, 0.1) is 18.3 Å². The monoisotopic (exact) mass is 370 g/mol. The van der Waals surface area contributed by atoms with Gasteiger partial charge >= 0.3 is 0 Å². The lowest BCUT2D eigenvalue weighted by Crippen LogP contribution is -2.31. The number of hydrogen-bond donors (Lipinski definition) is 1. The largest absolute Gasteiger partial charge is 0.494 e. The second-order valence-corrected chi connectivity index (χ2v) is 7.05. The van der Waals surface area contributed by atoms with Crippen molar-refractivity contribution in [2.75, 3.05) is 0 Å². The van der Waals surface area contributed by atoms with Crippen LogP contribution in [0.3, 0.4) is 0 Å². The van der Waals surface area contributed by atoms with Crippen LogP contribution in [-0.4, -0.2) is 15.5 Å². The molecule has 134 valence electrons. The molecule has 1 aliphatic rings. The highest BCUT2D eigenvalue weighted by Gasteiger charge is 2.28. The maximum atomic E-state index is 13.0. The third kappa shape index (κ3) is 3.13. The van der Waals surface area contributed by atoms with E-state index in [4.69, 9.17) is 11.6 Å². The first-order valence-corrected chi connectivity index (χ1v) is 9.02. The Morgan fingerprint density at radius 2 is 2.00 bits per heavy atom. The lowest BCUT2D eigenvalue weighted by molar-refractivity contribution is 0.103. The molecule has 1 saturated carbocycles. The van der Waals surface area contributed by atoms with Crippen LogP contribution in [-0.2, 0) is 0 Å². The summed E-state index contributed by atoms with van der Waals surface area (Å²) < 4.78 is 1.24. The van der Waals surface area contributed by atoms with Gasteiger partial charge in [-0.25, -0.2) is 0 Å². The first-order chi connectivity index (χ1) is 12.5. The number of hydrogen-bond acceptors (Lipinski definition) is 4. The summed E-state index contributed by atoms with van der Waals surface area (Å²) in [5.74, 6) is -0.813. The Kier molecular flexibility index (Phi) is 5.15. The van der Waals surface area contributed by atoms with Crippen molar-refractivity contribution in [3.63, 3.8) is 0 Å². The van der Waals surface area contributed by atoms with Crippen molar-refractivity contribution < 1.29 is 9.90 Å². The number of nitrogens with zero attached hydrogens (tertiary/aromatic N) is 2. The predicted octanol–water partition coefficient (Wildman–Crippen LogP) is 4.12. The number of carbonyl (C=O) groups is 1. The zero-order valence-corrected chi connectivity index (χ0v) is 15.2. The molecule has 0 saturated heterocycles. The van der Waals surface area contributed by atoms with Crippen LogP contribution < -0.4 is 5.56 Å². The molecular formula is C20H19ClN2O3. The smallest absolute Gasteiger partial charge is 0.271 e. The molecule has 1 fully saturated rings. The highest BCUT2D eigenvalue weighted by molar-refractivity contribution is 6.31. The molecule has 0 radical (unpaired) electrons. The van der Waals surface area contributed by atoms with Crippen LogP contribution in [0.25, 0.3) is 0 Å². The summed E-state index contributed by atoms with van der Waals surface area (Å²) in [6.07, 6.45) is 4.46. The number of halogens is 1. The van der Waals surface area contributed by atoms with Gasteiger partial charge in [0.15, 0.2) is 5.78 Å². The number of nitriles is 1. The molecule has 2 aromatic rings. The molecule has 0 spiro atoms. The predicted molar refractivity (Wildman–Crippen MR) is 98.8 cm³/mol. The highest BCUT2D eigenvalue weighted by atomic mass is 35.5. The lowest BCUT2D eigenvalue weighted by Gasteiger charge is -2.26. The van der Waals surface area contributed by atoms with Gasteiger partial charge in [-0.1, -0.05) is 43.0 Å². The van der Waals surface area contributed by atoms with Gasteiger partial charge in [0.1, 0.15) is 11.6 Å². The van der Waals surface area contributed by atoms with Crippen molar-refractivity contribution in [3.8, 4) is 11.9 Å². The topological polar surface area (TPSA) is 83.1 Å². The van der Waals surface area contributed by atoms with Gasteiger partial charge in [0.25, 0.3) is 5.56 Å². The molecule has 6 heteroatoms. The van der Waals surface area contributed by atoms with Crippen molar-refractivity contribution in [1.29, 1.82) is 5.26 Å². The fraction of sp³-hybridized carbons (Fsp3) is 0.350. The Morgan fingerprint density at radius 1 is 1.31 bits per heavy atom. The van der Waals surface area contributed by atoms with E-state index in [-0.39, 0.29) is 28.6 Å². The third-order valence-electron chi connectivity index (χ3n) is 5.00. The van der Waals surface area contributed by atoms with Gasteiger partial charge in [0.2, 0.25) is 5.88 Å². The van der Waals surface area contributed by atoms with Crippen LogP contribution in [0.4, 0.5) is 0 Å². The van der Waals surface area contributed by atoms with Crippen LogP contribution in [0.15, 0.2) is 29.1 Å². The van der Waals surface area contributed by atoms with E-state index in [1.807, 2.05) is 6.07 Å². The van der Waals surface area contributed by atoms with E-state index in [0.717, 1.165) is 32.1 Å². The molecule has 1 aliphatic carbocycles. The Bertz CT molecular complexity index is 966. The fourth-order valence-corrected chi connectivity index (χ4v) is 3.84. The average Bonchev–Trinajstić information content (AvgIpc) is 2.63. The lowest BCUT2D eigenvalue weighted by atomic mass is 9.93. The van der Waals surface area contributed by atoms with Crippen molar-refractivity contribution >= 4 is 17.4 Å². The fourth-order valence-electron chi connectivity index (χ4n) is 3.65. The van der Waals surface area contributed by atoms with Crippen LogP contribution in [0.5, 0.6) is 5.88 Å². The van der Waals surface area contributed by atoms with E-state index in [9.17, 15) is 20.0 Å². The van der Waals surface area contributed by atoms with Crippen LogP contribution in [0.1, 0.15) is 65.2 Å². The number of aromatic nitrogens is 1. The Balaban J connectivity index is 2.23. The van der Waals surface area contributed by atoms with E-state index < -0.39 is 11.3 Å². The Labute approximate surface area is 156 Å². The summed E-state index contributed by atoms with van der Waals surface area (Å²) in [5.41, 5.74) is -0.134. The molecule has 0 bridgehead atoms. The second-order valence-electron chi connectivity index (χ2n) is 6.62. The molecule has 1 aromatic heterocycles. The van der Waals surface area contributed by atoms with Crippen molar-refractivity contribution in [1.82, 2.24) is 4.57 Å². The Hall–Kier alpha value is -2.58. The number of rotatable bonds is 3. The summed E-state index contributed by atoms with van der Waals surface area (Å²) in [6, 6.07) is 8.09. The van der Waals surface area contributed by atoms with Gasteiger partial charge in [-0.15, -0.1) is 0 Å². The number of carbonyl (C=O) groups excluding carboxylic acids is 1. The van der Waals surface area contributed by atoms with E-state index in [1.54, 1.807) is 18.2 Å². The normalized spacial score (nSPS) is 14.8. The first kappa shape index (κ1) is 18.2. The minimum Gasteiger partial charge on any atom is -0.494 e. The van der Waals surface area contributed by atoms with E-state index in [2.05, 4.69) is 0 Å². The molecule has 0 atom stereocenters. The standard InChI is InChI=1S/C20H19ClN2O3/c1-12-16(11-22)19(25)23(15-8-3-2-4-9-15)20(26)17(12)18(24)13-6-5-7-14(21)10-13/h5-7,10,15,26H,2-4,8-9H2,1H3. The zero-order valence-electron chi connectivity index (χ0n) is 14.5. The van der Waals surface area contributed by atoms with Gasteiger partial charge < -0.3 is 5.11 Å². The van der Waals surface area contributed by atoms with Crippen molar-refractivity contribution in [3.05, 3.63) is 61.9 Å². The number of benzene rings is 1. The van der Waals surface area contributed by atoms with E-state index in [1.165, 1.54) is 17.6 Å². The summed E-state index contributed by atoms with van der Waals surface area (Å²) in [5, 5.41) is 20.7. The van der Waals surface area contributed by atoms with Gasteiger partial charge in [-0.3, -0.25) is 14.2 Å². The van der Waals surface area contributed by atoms with Gasteiger partial charge in [-0.05, 0) is 37.5 Å². The van der Waals surface area contributed by atoms with Crippen molar-refractivity contribution in [2.24, 2.45) is 0 Å². The summed E-state index contributed by atoms with van der Waals surface area (Å²) in [4.78, 5) is 25.8. The molecule has 0 amide bonds. The maximum Gasteiger partial charge on any atom is 0.271 e. The first-order valence-electron chi connectivity index (χ1n) is 8.64. The maximum absolute atomic E-state index is 13.0. The number of ketones is 1. The highest BCUT2D eigenvalue weighted by Crippen LogP contribution is 2.33. The molecule has 26 heavy (non-hydrogen) atoms. The second kappa shape index (κ2) is 7.35. The van der Waals surface area contributed by atoms with Crippen LogP contribution in [0.2, 0.25) is 5.02 Å². The van der Waals surface area contributed by atoms with Crippen molar-refractivity contribution in [2.45, 2.75) is 45.1 Å². The Morgan fingerprint density at radius 3 is 2.62 bits per heavy atom. The summed E-state index contributed by atoms with van der Waals surface area (Å²) in [6.45, 7) is 1.52. The minimum atomic E-state index is -0.531. The van der Waals surface area contributed by atoms with Gasteiger partial charge in [0.05, 0.1) is 5.56 Å². The minimum absolute atomic E-state index is 0.00556. The third-order valence-corrected chi connectivity index (χ3v) is 5.24. The SMILES string of the molecule is Cc1c(C(=O)c2cccc(Cl)c2)c(O)n(C2CCCCC2)c(=O)c1C#N. The molecule has 1 heterocycles. The quantitative estimate of drug-likeness (QED) is 0.823. The number of aromatic hydroxyl groups is 1. The summed E-state index contributed by atoms with van der Waals surface area (Å²) in [7, 11) is 0. The van der Waals surface area contributed by atoms with Crippen LogP contribution >= 0.6 is 11.6 Å². The summed E-state index contributed by atoms with van der Waals surface area (Å²) >= 11 is 5.97. The molecule has 0 aliphatic heterocycles. The molecular weight excluding hydrogens is 352 g/mol. The molecule has 1 aromatic carbocycles. The average molecular weight is 371 g/mol.